The third-order valence-corrected chi connectivity index (χ3v) is 4.47. The van der Waals surface area contributed by atoms with E-state index in [1.165, 1.54) is 23.2 Å². The van der Waals surface area contributed by atoms with Crippen LogP contribution in [0.4, 0.5) is 11.4 Å². The number of aromatic nitrogens is 1. The lowest BCUT2D eigenvalue weighted by molar-refractivity contribution is 0.671. The normalized spacial score (nSPS) is 12.6. The molecule has 2 N–H and O–H groups in total. The van der Waals surface area contributed by atoms with E-state index in [0.29, 0.717) is 6.04 Å². The molecule has 0 saturated heterocycles. The van der Waals surface area contributed by atoms with Gasteiger partial charge in [0.15, 0.2) is 0 Å². The summed E-state index contributed by atoms with van der Waals surface area (Å²) in [6.07, 6.45) is 5.21. The lowest BCUT2D eigenvalue weighted by Gasteiger charge is -2.28. The zero-order valence-electron chi connectivity index (χ0n) is 12.7. The van der Waals surface area contributed by atoms with Crippen LogP contribution < -0.4 is 10.6 Å². The van der Waals surface area contributed by atoms with Crippen molar-refractivity contribution >= 4 is 33.9 Å². The highest BCUT2D eigenvalue weighted by atomic mass is 32.2. The van der Waals surface area contributed by atoms with Crippen molar-refractivity contribution in [2.24, 2.45) is 0 Å². The van der Waals surface area contributed by atoms with E-state index in [9.17, 15) is 0 Å². The Balaban J connectivity index is 2.43. The van der Waals surface area contributed by atoms with Crippen molar-refractivity contribution in [3.8, 4) is 0 Å². The molecular weight excluding hydrogens is 266 g/mol. The minimum Gasteiger partial charge on any atom is -0.398 e. The first-order valence-electron chi connectivity index (χ1n) is 6.91. The Kier molecular flexibility index (Phi) is 4.76. The van der Waals surface area contributed by atoms with E-state index < -0.39 is 0 Å². The van der Waals surface area contributed by atoms with Gasteiger partial charge in [0.2, 0.25) is 0 Å². The fraction of sp³-hybridized carbons (Fsp3) is 0.438. The van der Waals surface area contributed by atoms with Crippen molar-refractivity contribution in [1.82, 2.24) is 4.98 Å². The van der Waals surface area contributed by atoms with Crippen LogP contribution in [0.1, 0.15) is 19.0 Å². The molecule has 0 aliphatic heterocycles. The molecule has 1 heterocycles. The van der Waals surface area contributed by atoms with E-state index in [2.05, 4.69) is 42.2 Å². The average molecular weight is 289 g/mol. The van der Waals surface area contributed by atoms with Crippen LogP contribution in [0.3, 0.4) is 0 Å². The minimum atomic E-state index is 0.503. The highest BCUT2D eigenvalue weighted by Crippen LogP contribution is 2.31. The molecule has 0 spiro atoms. The second kappa shape index (κ2) is 6.35. The maximum atomic E-state index is 6.07. The fourth-order valence-electron chi connectivity index (χ4n) is 2.38. The van der Waals surface area contributed by atoms with E-state index in [0.717, 1.165) is 16.8 Å². The molecule has 1 unspecified atom stereocenters. The number of rotatable bonds is 5. The SMILES string of the molecule is CSCCC(C)N(C)c1ccc(N)c2cnc(C)cc12. The molecular formula is C16H23N3S. The fourth-order valence-corrected chi connectivity index (χ4v) is 2.95. The Bertz CT molecular complexity index is 598. The molecule has 1 aromatic heterocycles. The Labute approximate surface area is 125 Å². The van der Waals surface area contributed by atoms with Gasteiger partial charge >= 0.3 is 0 Å². The number of aryl methyl sites for hydroxylation is 1. The molecule has 0 bridgehead atoms. The molecule has 0 saturated carbocycles. The Morgan fingerprint density at radius 3 is 2.80 bits per heavy atom. The highest BCUT2D eigenvalue weighted by molar-refractivity contribution is 7.98. The van der Waals surface area contributed by atoms with Crippen molar-refractivity contribution in [1.29, 1.82) is 0 Å². The molecule has 20 heavy (non-hydrogen) atoms. The highest BCUT2D eigenvalue weighted by Gasteiger charge is 2.14. The zero-order valence-corrected chi connectivity index (χ0v) is 13.5. The molecule has 3 nitrogen and oxygen atoms in total. The first kappa shape index (κ1) is 15.0. The van der Waals surface area contributed by atoms with Crippen LogP contribution in [0.5, 0.6) is 0 Å². The molecule has 0 amide bonds. The van der Waals surface area contributed by atoms with Gasteiger partial charge < -0.3 is 10.6 Å². The third kappa shape index (κ3) is 3.01. The zero-order chi connectivity index (χ0) is 14.7. The summed E-state index contributed by atoms with van der Waals surface area (Å²) in [5.41, 5.74) is 9.12. The quantitative estimate of drug-likeness (QED) is 0.852. The topological polar surface area (TPSA) is 42.1 Å². The summed E-state index contributed by atoms with van der Waals surface area (Å²) in [7, 11) is 2.16. The van der Waals surface area contributed by atoms with E-state index in [4.69, 9.17) is 5.73 Å². The molecule has 1 atom stereocenters. The van der Waals surface area contributed by atoms with Gasteiger partial charge in [0.05, 0.1) is 0 Å². The largest absolute Gasteiger partial charge is 0.398 e. The average Bonchev–Trinajstić information content (AvgIpc) is 2.44. The van der Waals surface area contributed by atoms with Gasteiger partial charge in [-0.1, -0.05) is 0 Å². The van der Waals surface area contributed by atoms with Crippen molar-refractivity contribution in [2.45, 2.75) is 26.3 Å². The third-order valence-electron chi connectivity index (χ3n) is 3.83. The lowest BCUT2D eigenvalue weighted by atomic mass is 10.1. The summed E-state index contributed by atoms with van der Waals surface area (Å²) in [5.74, 6) is 1.18. The number of fused-ring (bicyclic) bond motifs is 1. The van der Waals surface area contributed by atoms with Crippen LogP contribution in [0.15, 0.2) is 24.4 Å². The predicted octanol–water partition coefficient (Wildman–Crippen LogP) is 3.70. The van der Waals surface area contributed by atoms with Gasteiger partial charge in [-0.2, -0.15) is 11.8 Å². The molecule has 4 heteroatoms. The van der Waals surface area contributed by atoms with Crippen molar-refractivity contribution in [3.05, 3.63) is 30.1 Å². The number of benzene rings is 1. The van der Waals surface area contributed by atoms with Gasteiger partial charge in [0.1, 0.15) is 0 Å². The summed E-state index contributed by atoms with van der Waals surface area (Å²) in [6.45, 7) is 4.29. The molecule has 2 aromatic rings. The lowest BCUT2D eigenvalue weighted by Crippen LogP contribution is -2.29. The summed E-state index contributed by atoms with van der Waals surface area (Å²) in [6, 6.07) is 6.72. The van der Waals surface area contributed by atoms with Crippen LogP contribution in [-0.2, 0) is 0 Å². The van der Waals surface area contributed by atoms with Crippen LogP contribution in [0.2, 0.25) is 0 Å². The van der Waals surface area contributed by atoms with E-state index in [1.54, 1.807) is 0 Å². The summed E-state index contributed by atoms with van der Waals surface area (Å²) in [5, 5.41) is 2.23. The second-order valence-electron chi connectivity index (χ2n) is 5.29. The van der Waals surface area contributed by atoms with Gasteiger partial charge in [-0.15, -0.1) is 0 Å². The smallest absolute Gasteiger partial charge is 0.0448 e. The number of nitrogen functional groups attached to an aromatic ring is 1. The van der Waals surface area contributed by atoms with E-state index >= 15 is 0 Å². The molecule has 0 radical (unpaired) electrons. The number of hydrogen-bond donors (Lipinski definition) is 1. The number of anilines is 2. The number of thioether (sulfide) groups is 1. The number of nitrogens with zero attached hydrogens (tertiary/aromatic N) is 2. The maximum absolute atomic E-state index is 6.07. The van der Waals surface area contributed by atoms with Crippen LogP contribution >= 0.6 is 11.8 Å². The predicted molar refractivity (Wildman–Crippen MR) is 91.8 cm³/mol. The number of hydrogen-bond acceptors (Lipinski definition) is 4. The Hall–Kier alpha value is -1.42. The number of pyridine rings is 1. The van der Waals surface area contributed by atoms with Crippen LogP contribution in [0, 0.1) is 6.92 Å². The standard InChI is InChI=1S/C16H23N3S/c1-11-9-13-14(10-18-11)15(17)5-6-16(13)19(3)12(2)7-8-20-4/h5-6,9-10,12H,7-8,17H2,1-4H3. The number of nitrogens with two attached hydrogens (primary N) is 1. The van der Waals surface area contributed by atoms with E-state index in [-0.39, 0.29) is 0 Å². The molecule has 0 fully saturated rings. The minimum absolute atomic E-state index is 0.503. The van der Waals surface area contributed by atoms with Crippen LogP contribution in [0.25, 0.3) is 10.8 Å². The first-order valence-corrected chi connectivity index (χ1v) is 8.30. The van der Waals surface area contributed by atoms with Gasteiger partial charge in [-0.3, -0.25) is 4.98 Å². The van der Waals surface area contributed by atoms with E-state index in [1.807, 2.05) is 30.9 Å². The van der Waals surface area contributed by atoms with Crippen LogP contribution in [-0.4, -0.2) is 30.1 Å². The molecule has 1 aromatic carbocycles. The van der Waals surface area contributed by atoms with Gasteiger partial charge in [0, 0.05) is 47.1 Å². The second-order valence-corrected chi connectivity index (χ2v) is 6.27. The first-order chi connectivity index (χ1) is 9.54. The van der Waals surface area contributed by atoms with Gasteiger partial charge in [-0.25, -0.2) is 0 Å². The Morgan fingerprint density at radius 1 is 1.35 bits per heavy atom. The van der Waals surface area contributed by atoms with Crippen molar-refractivity contribution < 1.29 is 0 Å². The maximum Gasteiger partial charge on any atom is 0.0448 e. The molecule has 0 aliphatic carbocycles. The van der Waals surface area contributed by atoms with Crippen molar-refractivity contribution in [2.75, 3.05) is 29.7 Å². The van der Waals surface area contributed by atoms with Crippen molar-refractivity contribution in [3.63, 3.8) is 0 Å². The monoisotopic (exact) mass is 289 g/mol. The summed E-state index contributed by atoms with van der Waals surface area (Å²) >= 11 is 1.89. The molecule has 0 aliphatic rings. The van der Waals surface area contributed by atoms with Gasteiger partial charge in [-0.05, 0) is 50.5 Å². The summed E-state index contributed by atoms with van der Waals surface area (Å²) in [4.78, 5) is 6.71. The Morgan fingerprint density at radius 2 is 2.10 bits per heavy atom. The molecule has 108 valence electrons. The molecule has 2 rings (SSSR count). The van der Waals surface area contributed by atoms with Gasteiger partial charge in [0.25, 0.3) is 0 Å². The summed E-state index contributed by atoms with van der Waals surface area (Å²) < 4.78 is 0.